The number of hydrogen-bond acceptors (Lipinski definition) is 3. The fourth-order valence-electron chi connectivity index (χ4n) is 2.99. The fourth-order valence-corrected chi connectivity index (χ4v) is 3.11. The Kier molecular flexibility index (Phi) is 6.58. The Balaban J connectivity index is 2.50. The Morgan fingerprint density at radius 1 is 1.09 bits per heavy atom. The number of aromatic nitrogens is 1. The van der Waals surface area contributed by atoms with Gasteiger partial charge in [0.25, 0.3) is 0 Å². The summed E-state index contributed by atoms with van der Waals surface area (Å²) in [6, 6.07) is 14.4. The predicted octanol–water partition coefficient (Wildman–Crippen LogP) is 3.58. The van der Waals surface area contributed by atoms with Crippen LogP contribution in [0.15, 0.2) is 48.7 Å². The summed E-state index contributed by atoms with van der Waals surface area (Å²) < 4.78 is 0. The zero-order valence-electron chi connectivity index (χ0n) is 14.2. The maximum atomic E-state index is 6.10. The van der Waals surface area contributed by atoms with E-state index in [4.69, 9.17) is 16.6 Å². The zero-order chi connectivity index (χ0) is 16.7. The molecule has 0 aliphatic rings. The molecule has 23 heavy (non-hydrogen) atoms. The molecule has 0 aliphatic heterocycles. The minimum atomic E-state index is -0.112. The van der Waals surface area contributed by atoms with E-state index in [1.54, 1.807) is 0 Å². The third kappa shape index (κ3) is 4.54. The molecule has 1 atom stereocenters. The van der Waals surface area contributed by atoms with Gasteiger partial charge in [0.1, 0.15) is 0 Å². The predicted molar refractivity (Wildman–Crippen MR) is 98.2 cm³/mol. The molecule has 0 aliphatic carbocycles. The van der Waals surface area contributed by atoms with Crippen molar-refractivity contribution in [1.29, 1.82) is 0 Å². The van der Waals surface area contributed by atoms with Crippen LogP contribution in [0.1, 0.15) is 24.1 Å². The molecular formula is C19H26ClN3. The fraction of sp³-hybridized carbons (Fsp3) is 0.421. The average Bonchev–Trinajstić information content (AvgIpc) is 2.57. The van der Waals surface area contributed by atoms with Gasteiger partial charge in [-0.3, -0.25) is 4.98 Å². The molecular weight excluding hydrogens is 306 g/mol. The summed E-state index contributed by atoms with van der Waals surface area (Å²) in [5.74, 6) is 0. The number of rotatable bonds is 8. The second kappa shape index (κ2) is 8.44. The molecule has 1 aromatic heterocycles. The third-order valence-corrected chi connectivity index (χ3v) is 4.59. The highest BCUT2D eigenvalue weighted by Gasteiger charge is 2.34. The average molecular weight is 332 g/mol. The summed E-state index contributed by atoms with van der Waals surface area (Å²) in [5.41, 5.74) is 2.29. The molecule has 1 N–H and O–H groups in total. The van der Waals surface area contributed by atoms with Gasteiger partial charge < -0.3 is 10.2 Å². The number of halogens is 1. The zero-order valence-corrected chi connectivity index (χ0v) is 15.0. The lowest BCUT2D eigenvalue weighted by Crippen LogP contribution is -2.35. The van der Waals surface area contributed by atoms with E-state index in [0.717, 1.165) is 36.6 Å². The number of nitrogens with zero attached hydrogens (tertiary/aromatic N) is 2. The van der Waals surface area contributed by atoms with Crippen molar-refractivity contribution >= 4 is 11.6 Å². The van der Waals surface area contributed by atoms with E-state index in [0.29, 0.717) is 0 Å². The number of hydrogen-bond donors (Lipinski definition) is 1. The first-order valence-electron chi connectivity index (χ1n) is 8.05. The van der Waals surface area contributed by atoms with E-state index in [1.807, 2.05) is 31.4 Å². The second-order valence-electron chi connectivity index (χ2n) is 6.21. The largest absolute Gasteiger partial charge is 0.320 e. The van der Waals surface area contributed by atoms with Gasteiger partial charge in [0.05, 0.1) is 5.69 Å². The van der Waals surface area contributed by atoms with Gasteiger partial charge in [0.2, 0.25) is 0 Å². The Morgan fingerprint density at radius 3 is 2.39 bits per heavy atom. The van der Waals surface area contributed by atoms with Crippen LogP contribution in [0.4, 0.5) is 0 Å². The van der Waals surface area contributed by atoms with E-state index in [9.17, 15) is 0 Å². The summed E-state index contributed by atoms with van der Waals surface area (Å²) >= 11 is 6.10. The van der Waals surface area contributed by atoms with Crippen molar-refractivity contribution < 1.29 is 0 Å². The van der Waals surface area contributed by atoms with Gasteiger partial charge in [-0.25, -0.2) is 0 Å². The molecule has 1 aromatic carbocycles. The van der Waals surface area contributed by atoms with E-state index < -0.39 is 0 Å². The lowest BCUT2D eigenvalue weighted by molar-refractivity contribution is 0.326. The van der Waals surface area contributed by atoms with Crippen LogP contribution < -0.4 is 5.32 Å². The maximum Gasteiger partial charge on any atom is 0.0510 e. The van der Waals surface area contributed by atoms with Crippen LogP contribution in [-0.4, -0.2) is 44.1 Å². The summed E-state index contributed by atoms with van der Waals surface area (Å²) in [7, 11) is 6.23. The van der Waals surface area contributed by atoms with Crippen molar-refractivity contribution in [2.45, 2.75) is 18.3 Å². The van der Waals surface area contributed by atoms with Crippen LogP contribution in [0, 0.1) is 0 Å². The van der Waals surface area contributed by atoms with Crippen molar-refractivity contribution in [3.05, 3.63) is 64.9 Å². The minimum absolute atomic E-state index is 0.112. The first-order chi connectivity index (χ1) is 11.1. The lowest BCUT2D eigenvalue weighted by atomic mass is 9.72. The normalized spacial score (nSPS) is 14.0. The molecule has 1 heterocycles. The van der Waals surface area contributed by atoms with E-state index >= 15 is 0 Å². The molecule has 0 fully saturated rings. The summed E-state index contributed by atoms with van der Waals surface area (Å²) in [6.45, 7) is 1.94. The van der Waals surface area contributed by atoms with Gasteiger partial charge >= 0.3 is 0 Å². The highest BCUT2D eigenvalue weighted by atomic mass is 35.5. The van der Waals surface area contributed by atoms with Crippen molar-refractivity contribution in [2.75, 3.05) is 34.2 Å². The van der Waals surface area contributed by atoms with Gasteiger partial charge in [-0.15, -0.1) is 0 Å². The maximum absolute atomic E-state index is 6.10. The quantitative estimate of drug-likeness (QED) is 0.801. The third-order valence-electron chi connectivity index (χ3n) is 4.34. The molecule has 0 spiro atoms. The van der Waals surface area contributed by atoms with Gasteiger partial charge in [0, 0.05) is 16.6 Å². The van der Waals surface area contributed by atoms with E-state index in [-0.39, 0.29) is 5.41 Å². The molecule has 124 valence electrons. The van der Waals surface area contributed by atoms with E-state index in [1.165, 1.54) is 5.56 Å². The van der Waals surface area contributed by atoms with Gasteiger partial charge in [-0.05, 0) is 76.9 Å². The van der Waals surface area contributed by atoms with Crippen molar-refractivity contribution in [2.24, 2.45) is 0 Å². The molecule has 0 radical (unpaired) electrons. The molecule has 1 unspecified atom stereocenters. The lowest BCUT2D eigenvalue weighted by Gasteiger charge is -2.35. The van der Waals surface area contributed by atoms with Gasteiger partial charge in [-0.2, -0.15) is 0 Å². The number of benzene rings is 1. The number of nitrogens with one attached hydrogen (secondary N) is 1. The van der Waals surface area contributed by atoms with Crippen LogP contribution in [-0.2, 0) is 5.41 Å². The Morgan fingerprint density at radius 2 is 1.83 bits per heavy atom. The second-order valence-corrected chi connectivity index (χ2v) is 6.65. The highest BCUT2D eigenvalue weighted by molar-refractivity contribution is 6.30. The smallest absolute Gasteiger partial charge is 0.0510 e. The first-order valence-corrected chi connectivity index (χ1v) is 8.43. The molecule has 2 aromatic rings. The van der Waals surface area contributed by atoms with Gasteiger partial charge in [-0.1, -0.05) is 29.8 Å². The van der Waals surface area contributed by atoms with Crippen LogP contribution in [0.2, 0.25) is 5.02 Å². The highest BCUT2D eigenvalue weighted by Crippen LogP contribution is 2.38. The van der Waals surface area contributed by atoms with Crippen LogP contribution in [0.3, 0.4) is 0 Å². The molecule has 0 saturated carbocycles. The van der Waals surface area contributed by atoms with Crippen molar-refractivity contribution in [1.82, 2.24) is 15.2 Å². The molecule has 0 bridgehead atoms. The Hall–Kier alpha value is -1.42. The Bertz CT molecular complexity index is 583. The molecule has 4 heteroatoms. The SMILES string of the molecule is CNCCC(CCN(C)C)(c1ccc(Cl)cc1)c1ccccn1. The topological polar surface area (TPSA) is 28.2 Å². The molecule has 2 rings (SSSR count). The summed E-state index contributed by atoms with van der Waals surface area (Å²) in [6.07, 6.45) is 3.89. The minimum Gasteiger partial charge on any atom is -0.320 e. The first kappa shape index (κ1) is 17.9. The summed E-state index contributed by atoms with van der Waals surface area (Å²) in [4.78, 5) is 6.93. The van der Waals surface area contributed by atoms with Crippen LogP contribution in [0.25, 0.3) is 0 Å². The van der Waals surface area contributed by atoms with E-state index in [2.05, 4.69) is 48.6 Å². The Labute approximate surface area is 144 Å². The standard InChI is InChI=1S/C19H26ClN3/c1-21-14-11-19(12-15-23(2)3,18-6-4-5-13-22-18)16-7-9-17(20)10-8-16/h4-10,13,21H,11-12,14-15H2,1-3H3. The van der Waals surface area contributed by atoms with Gasteiger partial charge in [0.15, 0.2) is 0 Å². The number of pyridine rings is 1. The van der Waals surface area contributed by atoms with Crippen LogP contribution >= 0.6 is 11.6 Å². The molecule has 3 nitrogen and oxygen atoms in total. The monoisotopic (exact) mass is 331 g/mol. The molecule has 0 amide bonds. The van der Waals surface area contributed by atoms with Crippen molar-refractivity contribution in [3.8, 4) is 0 Å². The van der Waals surface area contributed by atoms with Crippen LogP contribution in [0.5, 0.6) is 0 Å². The summed E-state index contributed by atoms with van der Waals surface area (Å²) in [5, 5.41) is 4.06. The van der Waals surface area contributed by atoms with Crippen molar-refractivity contribution in [3.63, 3.8) is 0 Å². The molecule has 0 saturated heterocycles.